The summed E-state index contributed by atoms with van der Waals surface area (Å²) >= 11 is 1.44. The van der Waals surface area contributed by atoms with E-state index >= 15 is 0 Å². The second kappa shape index (κ2) is 7.18. The van der Waals surface area contributed by atoms with Gasteiger partial charge in [-0.2, -0.15) is 0 Å². The number of phenols is 1. The highest BCUT2D eigenvalue weighted by Gasteiger charge is 2.17. The first-order valence-corrected chi connectivity index (χ1v) is 8.71. The molecule has 2 N–H and O–H groups in total. The lowest BCUT2D eigenvalue weighted by Gasteiger charge is -2.20. The average Bonchev–Trinajstić information content (AvgIpc) is 2.92. The van der Waals surface area contributed by atoms with Gasteiger partial charge in [-0.3, -0.25) is 9.59 Å². The van der Waals surface area contributed by atoms with Crippen LogP contribution in [0.2, 0.25) is 0 Å². The van der Waals surface area contributed by atoms with Gasteiger partial charge in [-0.15, -0.1) is 11.3 Å². The quantitative estimate of drug-likeness (QED) is 0.612. The van der Waals surface area contributed by atoms with Crippen molar-refractivity contribution in [3.05, 3.63) is 45.6 Å². The van der Waals surface area contributed by atoms with Crippen LogP contribution in [0.5, 0.6) is 5.75 Å². The van der Waals surface area contributed by atoms with Crippen molar-refractivity contribution in [2.24, 2.45) is 0 Å². The van der Waals surface area contributed by atoms with Crippen molar-refractivity contribution in [3.8, 4) is 5.75 Å². The highest BCUT2D eigenvalue weighted by Crippen LogP contribution is 2.30. The zero-order valence-electron chi connectivity index (χ0n) is 14.5. The van der Waals surface area contributed by atoms with Crippen LogP contribution in [0.4, 0.5) is 5.69 Å². The van der Waals surface area contributed by atoms with E-state index in [-0.39, 0.29) is 35.7 Å². The number of aromatic hydroxyl groups is 1. The molecule has 1 amide bonds. The fourth-order valence-corrected chi connectivity index (χ4v) is 3.08. The minimum absolute atomic E-state index is 0.0246. The number of aryl methyl sites for hydroxylation is 1. The van der Waals surface area contributed by atoms with Gasteiger partial charge in [-0.05, 0) is 42.2 Å². The molecule has 0 bridgehead atoms. The number of carbonyl (C=O) groups excluding carboxylic acids is 2. The van der Waals surface area contributed by atoms with Crippen molar-refractivity contribution in [3.63, 3.8) is 0 Å². The summed E-state index contributed by atoms with van der Waals surface area (Å²) in [7, 11) is 0. The van der Waals surface area contributed by atoms with Gasteiger partial charge in [-0.25, -0.2) is 0 Å². The molecule has 0 aliphatic rings. The number of benzene rings is 1. The number of nitrogens with one attached hydrogen (secondary N) is 1. The molecule has 2 rings (SSSR count). The van der Waals surface area contributed by atoms with Gasteiger partial charge in [0.05, 0.1) is 10.6 Å². The summed E-state index contributed by atoms with van der Waals surface area (Å²) in [5, 5.41) is 12.6. The highest BCUT2D eigenvalue weighted by atomic mass is 32.1. The standard InChI is InChI=1S/C19H23NO3S/c1-12-5-9-17(24-12)16(22)8-10-18(23)20-14-11-13(19(2,3)4)6-7-15(14)21/h5-7,9,11,21H,8,10H2,1-4H3,(H,20,23). The summed E-state index contributed by atoms with van der Waals surface area (Å²) in [6.45, 7) is 8.13. The topological polar surface area (TPSA) is 66.4 Å². The Morgan fingerprint density at radius 1 is 1.12 bits per heavy atom. The molecule has 0 atom stereocenters. The van der Waals surface area contributed by atoms with E-state index in [1.807, 2.05) is 19.1 Å². The maximum Gasteiger partial charge on any atom is 0.224 e. The van der Waals surface area contributed by atoms with Gasteiger partial charge in [0.25, 0.3) is 0 Å². The fraction of sp³-hybridized carbons (Fsp3) is 0.368. The molecule has 0 saturated carbocycles. The SMILES string of the molecule is Cc1ccc(C(=O)CCC(=O)Nc2cc(C(C)(C)C)ccc2O)s1. The summed E-state index contributed by atoms with van der Waals surface area (Å²) in [5.74, 6) is -0.287. The molecule has 0 aliphatic carbocycles. The molecule has 0 saturated heterocycles. The van der Waals surface area contributed by atoms with E-state index in [9.17, 15) is 14.7 Å². The van der Waals surface area contributed by atoms with E-state index in [2.05, 4.69) is 26.1 Å². The van der Waals surface area contributed by atoms with Crippen molar-refractivity contribution in [2.45, 2.75) is 46.0 Å². The Balaban J connectivity index is 1.98. The van der Waals surface area contributed by atoms with Crippen LogP contribution in [0, 0.1) is 6.92 Å². The molecule has 1 aromatic heterocycles. The van der Waals surface area contributed by atoms with Crippen LogP contribution < -0.4 is 5.32 Å². The Bertz CT molecular complexity index is 756. The number of anilines is 1. The smallest absolute Gasteiger partial charge is 0.224 e. The van der Waals surface area contributed by atoms with E-state index in [1.54, 1.807) is 18.2 Å². The monoisotopic (exact) mass is 345 g/mol. The summed E-state index contributed by atoms with van der Waals surface area (Å²) in [4.78, 5) is 25.9. The van der Waals surface area contributed by atoms with Crippen LogP contribution in [-0.2, 0) is 10.2 Å². The predicted molar refractivity (Wildman–Crippen MR) is 98.1 cm³/mol. The number of phenolic OH excluding ortho intramolecular Hbond substituents is 1. The third-order valence-corrected chi connectivity index (χ3v) is 4.77. The highest BCUT2D eigenvalue weighted by molar-refractivity contribution is 7.14. The van der Waals surface area contributed by atoms with Crippen LogP contribution in [-0.4, -0.2) is 16.8 Å². The van der Waals surface area contributed by atoms with Gasteiger partial charge in [0.15, 0.2) is 5.78 Å². The van der Waals surface area contributed by atoms with Crippen LogP contribution in [0.1, 0.15) is 53.7 Å². The molecule has 0 radical (unpaired) electrons. The van der Waals surface area contributed by atoms with Crippen molar-refractivity contribution >= 4 is 28.7 Å². The molecular formula is C19H23NO3S. The summed E-state index contributed by atoms with van der Waals surface area (Å²) in [6.07, 6.45) is 0.250. The maximum atomic E-state index is 12.1. The normalized spacial score (nSPS) is 11.3. The molecule has 0 spiro atoms. The zero-order chi connectivity index (χ0) is 17.9. The second-order valence-corrected chi connectivity index (χ2v) is 8.15. The third-order valence-electron chi connectivity index (χ3n) is 3.73. The Morgan fingerprint density at radius 3 is 2.42 bits per heavy atom. The van der Waals surface area contributed by atoms with E-state index in [0.717, 1.165) is 10.4 Å². The number of carbonyl (C=O) groups is 2. The Morgan fingerprint density at radius 2 is 1.83 bits per heavy atom. The van der Waals surface area contributed by atoms with Crippen molar-refractivity contribution in [2.75, 3.05) is 5.32 Å². The molecule has 0 unspecified atom stereocenters. The van der Waals surface area contributed by atoms with Gasteiger partial charge in [-0.1, -0.05) is 26.8 Å². The molecule has 0 fully saturated rings. The number of Topliss-reactive ketones (excluding diaryl/α,β-unsaturated/α-hetero) is 1. The number of rotatable bonds is 5. The van der Waals surface area contributed by atoms with Crippen LogP contribution in [0.15, 0.2) is 30.3 Å². The first-order chi connectivity index (χ1) is 11.2. The maximum absolute atomic E-state index is 12.1. The Labute approximate surface area is 146 Å². The first kappa shape index (κ1) is 18.2. The van der Waals surface area contributed by atoms with Gasteiger partial charge >= 0.3 is 0 Å². The fourth-order valence-electron chi connectivity index (χ4n) is 2.25. The lowest BCUT2D eigenvalue weighted by Crippen LogP contribution is -2.15. The molecule has 4 nitrogen and oxygen atoms in total. The molecule has 0 aliphatic heterocycles. The lowest BCUT2D eigenvalue weighted by atomic mass is 9.87. The van der Waals surface area contributed by atoms with E-state index < -0.39 is 0 Å². The molecule has 5 heteroatoms. The number of ketones is 1. The molecule has 2 aromatic rings. The summed E-state index contributed by atoms with van der Waals surface area (Å²) in [5.41, 5.74) is 1.31. The predicted octanol–water partition coefficient (Wildman–Crippen LogP) is 4.66. The van der Waals surface area contributed by atoms with E-state index in [4.69, 9.17) is 0 Å². The lowest BCUT2D eigenvalue weighted by molar-refractivity contribution is -0.116. The van der Waals surface area contributed by atoms with E-state index in [0.29, 0.717) is 10.6 Å². The van der Waals surface area contributed by atoms with Crippen molar-refractivity contribution in [1.29, 1.82) is 0 Å². The molecule has 1 aromatic carbocycles. The third kappa shape index (κ3) is 4.68. The van der Waals surface area contributed by atoms with Gasteiger partial charge < -0.3 is 10.4 Å². The van der Waals surface area contributed by atoms with Gasteiger partial charge in [0.1, 0.15) is 5.75 Å². The summed E-state index contributed by atoms with van der Waals surface area (Å²) in [6, 6.07) is 8.88. The van der Waals surface area contributed by atoms with Crippen LogP contribution in [0.25, 0.3) is 0 Å². The number of amides is 1. The molecular weight excluding hydrogens is 322 g/mol. The van der Waals surface area contributed by atoms with Crippen molar-refractivity contribution in [1.82, 2.24) is 0 Å². The number of thiophene rings is 1. The average molecular weight is 345 g/mol. The van der Waals surface area contributed by atoms with Gasteiger partial charge in [0.2, 0.25) is 5.91 Å². The van der Waals surface area contributed by atoms with Crippen LogP contribution in [0.3, 0.4) is 0 Å². The van der Waals surface area contributed by atoms with Crippen LogP contribution >= 0.6 is 11.3 Å². The number of hydrogen-bond acceptors (Lipinski definition) is 4. The summed E-state index contributed by atoms with van der Waals surface area (Å²) < 4.78 is 0. The molecule has 128 valence electrons. The van der Waals surface area contributed by atoms with Crippen molar-refractivity contribution < 1.29 is 14.7 Å². The van der Waals surface area contributed by atoms with Gasteiger partial charge in [0, 0.05) is 17.7 Å². The number of hydrogen-bond donors (Lipinski definition) is 2. The Kier molecular flexibility index (Phi) is 5.44. The zero-order valence-corrected chi connectivity index (χ0v) is 15.3. The largest absolute Gasteiger partial charge is 0.506 e. The minimum Gasteiger partial charge on any atom is -0.506 e. The molecule has 24 heavy (non-hydrogen) atoms. The minimum atomic E-state index is -0.280. The second-order valence-electron chi connectivity index (χ2n) is 6.86. The molecule has 1 heterocycles. The Hall–Kier alpha value is -2.14. The first-order valence-electron chi connectivity index (χ1n) is 7.90. The van der Waals surface area contributed by atoms with E-state index in [1.165, 1.54) is 11.3 Å².